The van der Waals surface area contributed by atoms with E-state index in [9.17, 15) is 8.42 Å². The molecule has 0 N–H and O–H groups in total. The molecule has 1 aromatic heterocycles. The van der Waals surface area contributed by atoms with Crippen LogP contribution in [-0.4, -0.2) is 48.8 Å². The minimum Gasteiger partial charge on any atom is -0.294 e. The molecule has 5 nitrogen and oxygen atoms in total. The van der Waals surface area contributed by atoms with Crippen LogP contribution in [0.3, 0.4) is 0 Å². The SMILES string of the molecule is CCCc1ccc(S(=O)(=O)N2CCN(Cc3ncc(C)s3)CC2)cc1. The average molecular weight is 380 g/mol. The van der Waals surface area contributed by atoms with Crippen LogP contribution in [-0.2, 0) is 23.0 Å². The van der Waals surface area contributed by atoms with Crippen LogP contribution < -0.4 is 0 Å². The molecule has 0 bridgehead atoms. The van der Waals surface area contributed by atoms with Gasteiger partial charge in [0.25, 0.3) is 0 Å². The first-order valence-electron chi connectivity index (χ1n) is 8.72. The Labute approximate surface area is 154 Å². The molecule has 136 valence electrons. The molecule has 0 radical (unpaired) electrons. The lowest BCUT2D eigenvalue weighted by atomic mass is 10.1. The Morgan fingerprint density at radius 1 is 1.12 bits per heavy atom. The predicted octanol–water partition coefficient (Wildman–Crippen LogP) is 2.91. The Morgan fingerprint density at radius 2 is 1.80 bits per heavy atom. The van der Waals surface area contributed by atoms with Crippen molar-refractivity contribution in [2.75, 3.05) is 26.2 Å². The lowest BCUT2D eigenvalue weighted by Gasteiger charge is -2.33. The zero-order valence-electron chi connectivity index (χ0n) is 14.8. The summed E-state index contributed by atoms with van der Waals surface area (Å²) < 4.78 is 27.2. The highest BCUT2D eigenvalue weighted by molar-refractivity contribution is 7.89. The van der Waals surface area contributed by atoms with E-state index in [2.05, 4.69) is 23.7 Å². The van der Waals surface area contributed by atoms with E-state index in [0.717, 1.165) is 37.5 Å². The van der Waals surface area contributed by atoms with Gasteiger partial charge in [-0.1, -0.05) is 25.5 Å². The van der Waals surface area contributed by atoms with Gasteiger partial charge >= 0.3 is 0 Å². The lowest BCUT2D eigenvalue weighted by Crippen LogP contribution is -2.48. The maximum atomic E-state index is 12.8. The zero-order chi connectivity index (χ0) is 17.9. The molecular formula is C18H25N3O2S2. The zero-order valence-corrected chi connectivity index (χ0v) is 16.4. The molecule has 0 spiro atoms. The second kappa shape index (κ2) is 7.95. The highest BCUT2D eigenvalue weighted by Crippen LogP contribution is 2.20. The molecule has 1 saturated heterocycles. The normalized spacial score (nSPS) is 17.0. The van der Waals surface area contributed by atoms with E-state index >= 15 is 0 Å². The molecular weight excluding hydrogens is 354 g/mol. The van der Waals surface area contributed by atoms with Gasteiger partial charge in [0.15, 0.2) is 0 Å². The third-order valence-electron chi connectivity index (χ3n) is 4.46. The molecule has 3 rings (SSSR count). The first-order chi connectivity index (χ1) is 12.0. The van der Waals surface area contributed by atoms with Crippen LogP contribution >= 0.6 is 11.3 Å². The first-order valence-corrected chi connectivity index (χ1v) is 11.0. The number of rotatable bonds is 6. The van der Waals surface area contributed by atoms with Crippen molar-refractivity contribution >= 4 is 21.4 Å². The van der Waals surface area contributed by atoms with Crippen molar-refractivity contribution in [1.29, 1.82) is 0 Å². The van der Waals surface area contributed by atoms with E-state index in [1.54, 1.807) is 27.8 Å². The number of thiazole rings is 1. The van der Waals surface area contributed by atoms with E-state index in [4.69, 9.17) is 0 Å². The van der Waals surface area contributed by atoms with Crippen LogP contribution in [0, 0.1) is 6.92 Å². The maximum absolute atomic E-state index is 12.8. The number of piperazine rings is 1. The summed E-state index contributed by atoms with van der Waals surface area (Å²) in [6.45, 7) is 7.52. The fourth-order valence-electron chi connectivity index (χ4n) is 3.06. The maximum Gasteiger partial charge on any atom is 0.243 e. The molecule has 1 aromatic carbocycles. The number of nitrogens with zero attached hydrogens (tertiary/aromatic N) is 3. The standard InChI is InChI=1S/C18H25N3O2S2/c1-3-4-16-5-7-17(8-6-16)25(22,23)21-11-9-20(10-12-21)14-18-19-13-15(2)24-18/h5-8,13H,3-4,9-12,14H2,1-2H3. The Hall–Kier alpha value is -1.28. The van der Waals surface area contributed by atoms with Gasteiger partial charge < -0.3 is 0 Å². The van der Waals surface area contributed by atoms with Crippen molar-refractivity contribution in [3.8, 4) is 0 Å². The van der Waals surface area contributed by atoms with Gasteiger partial charge in [0.2, 0.25) is 10.0 Å². The molecule has 0 atom stereocenters. The van der Waals surface area contributed by atoms with Crippen molar-refractivity contribution in [3.05, 3.63) is 45.9 Å². The molecule has 25 heavy (non-hydrogen) atoms. The number of benzene rings is 1. The van der Waals surface area contributed by atoms with Crippen LogP contribution in [0.15, 0.2) is 35.4 Å². The fourth-order valence-corrected chi connectivity index (χ4v) is 5.31. The van der Waals surface area contributed by atoms with Gasteiger partial charge in [0, 0.05) is 37.3 Å². The summed E-state index contributed by atoms with van der Waals surface area (Å²) in [5.74, 6) is 0. The van der Waals surface area contributed by atoms with Crippen LogP contribution in [0.2, 0.25) is 0 Å². The molecule has 2 heterocycles. The summed E-state index contributed by atoms with van der Waals surface area (Å²) in [5.41, 5.74) is 1.19. The molecule has 0 saturated carbocycles. The van der Waals surface area contributed by atoms with Gasteiger partial charge in [-0.3, -0.25) is 4.90 Å². The van der Waals surface area contributed by atoms with Crippen LogP contribution in [0.4, 0.5) is 0 Å². The van der Waals surface area contributed by atoms with E-state index in [-0.39, 0.29) is 0 Å². The summed E-state index contributed by atoms with van der Waals surface area (Å²) in [5, 5.41) is 1.10. The van der Waals surface area contributed by atoms with Crippen LogP contribution in [0.1, 0.15) is 28.8 Å². The first kappa shape index (κ1) is 18.5. The Balaban J connectivity index is 1.60. The number of sulfonamides is 1. The third kappa shape index (κ3) is 4.47. The van der Waals surface area contributed by atoms with Crippen molar-refractivity contribution in [2.45, 2.75) is 38.1 Å². The van der Waals surface area contributed by atoms with Crippen molar-refractivity contribution < 1.29 is 8.42 Å². The third-order valence-corrected chi connectivity index (χ3v) is 7.27. The van der Waals surface area contributed by atoms with Crippen LogP contribution in [0.25, 0.3) is 0 Å². The van der Waals surface area contributed by atoms with E-state index in [1.165, 1.54) is 10.4 Å². The molecule has 1 aliphatic rings. The van der Waals surface area contributed by atoms with Gasteiger partial charge in [0.1, 0.15) is 5.01 Å². The summed E-state index contributed by atoms with van der Waals surface area (Å²) in [4.78, 5) is 8.28. The number of hydrogen-bond donors (Lipinski definition) is 0. The molecule has 0 aliphatic carbocycles. The Bertz CT molecular complexity index is 792. The Kier molecular flexibility index (Phi) is 5.89. The van der Waals surface area contributed by atoms with Crippen molar-refractivity contribution in [3.63, 3.8) is 0 Å². The minimum absolute atomic E-state index is 0.399. The largest absolute Gasteiger partial charge is 0.294 e. The summed E-state index contributed by atoms with van der Waals surface area (Å²) in [7, 11) is -3.39. The van der Waals surface area contributed by atoms with Gasteiger partial charge in [0.05, 0.1) is 11.4 Å². The number of aromatic nitrogens is 1. The molecule has 0 amide bonds. The monoisotopic (exact) mass is 379 g/mol. The highest BCUT2D eigenvalue weighted by atomic mass is 32.2. The number of aryl methyl sites for hydroxylation is 2. The van der Waals surface area contributed by atoms with Crippen molar-refractivity contribution in [2.24, 2.45) is 0 Å². The molecule has 2 aromatic rings. The second-order valence-corrected chi connectivity index (χ2v) is 9.70. The Morgan fingerprint density at radius 3 is 2.36 bits per heavy atom. The molecule has 7 heteroatoms. The lowest BCUT2D eigenvalue weighted by molar-refractivity contribution is 0.181. The molecule has 1 fully saturated rings. The van der Waals surface area contributed by atoms with Crippen molar-refractivity contribution in [1.82, 2.24) is 14.2 Å². The van der Waals surface area contributed by atoms with Gasteiger partial charge in [-0.05, 0) is 31.0 Å². The van der Waals surface area contributed by atoms with Crippen LogP contribution in [0.5, 0.6) is 0 Å². The summed E-state index contributed by atoms with van der Waals surface area (Å²) >= 11 is 1.71. The molecule has 0 unspecified atom stereocenters. The van der Waals surface area contributed by atoms with E-state index in [0.29, 0.717) is 18.0 Å². The number of hydrogen-bond acceptors (Lipinski definition) is 5. The van der Waals surface area contributed by atoms with E-state index < -0.39 is 10.0 Å². The topological polar surface area (TPSA) is 53.5 Å². The fraction of sp³-hybridized carbons (Fsp3) is 0.500. The van der Waals surface area contributed by atoms with Gasteiger partial charge in [-0.15, -0.1) is 11.3 Å². The van der Waals surface area contributed by atoms with Gasteiger partial charge in [-0.25, -0.2) is 13.4 Å². The highest BCUT2D eigenvalue weighted by Gasteiger charge is 2.28. The summed E-state index contributed by atoms with van der Waals surface area (Å²) in [6.07, 6.45) is 3.94. The second-order valence-electron chi connectivity index (χ2n) is 6.44. The predicted molar refractivity (Wildman–Crippen MR) is 101 cm³/mol. The average Bonchev–Trinajstić information content (AvgIpc) is 3.01. The van der Waals surface area contributed by atoms with Gasteiger partial charge in [-0.2, -0.15) is 4.31 Å². The minimum atomic E-state index is -3.39. The van der Waals surface area contributed by atoms with E-state index in [1.807, 2.05) is 18.3 Å². The smallest absolute Gasteiger partial charge is 0.243 e. The summed E-state index contributed by atoms with van der Waals surface area (Å²) in [6, 6.07) is 7.34. The quantitative estimate of drug-likeness (QED) is 0.774. The molecule has 1 aliphatic heterocycles.